The SMILES string of the molecule is CC1CN(c2cc(Cl)ccc2[N+](=O)[O-])CC(CO)O1. The third-order valence-corrected chi connectivity index (χ3v) is 3.24. The van der Waals surface area contributed by atoms with Crippen molar-refractivity contribution in [1.82, 2.24) is 0 Å². The Balaban J connectivity index is 2.34. The number of benzene rings is 1. The van der Waals surface area contributed by atoms with Gasteiger partial charge < -0.3 is 14.7 Å². The summed E-state index contributed by atoms with van der Waals surface area (Å²) in [6.07, 6.45) is -0.452. The zero-order valence-electron chi connectivity index (χ0n) is 10.5. The minimum Gasteiger partial charge on any atom is -0.394 e. The first-order valence-electron chi connectivity index (χ1n) is 5.96. The lowest BCUT2D eigenvalue weighted by molar-refractivity contribution is -0.384. The number of nitro benzene ring substituents is 1. The van der Waals surface area contributed by atoms with Gasteiger partial charge in [0.15, 0.2) is 0 Å². The minimum absolute atomic E-state index is 0.00943. The number of nitrogens with zero attached hydrogens (tertiary/aromatic N) is 2. The third-order valence-electron chi connectivity index (χ3n) is 3.00. The van der Waals surface area contributed by atoms with Crippen LogP contribution in [0.25, 0.3) is 0 Å². The van der Waals surface area contributed by atoms with Crippen LogP contribution < -0.4 is 4.90 Å². The van der Waals surface area contributed by atoms with E-state index in [4.69, 9.17) is 16.3 Å². The highest BCUT2D eigenvalue weighted by molar-refractivity contribution is 6.31. The molecule has 1 aliphatic rings. The summed E-state index contributed by atoms with van der Waals surface area (Å²) >= 11 is 5.92. The molecule has 2 atom stereocenters. The summed E-state index contributed by atoms with van der Waals surface area (Å²) < 4.78 is 5.52. The van der Waals surface area contributed by atoms with Crippen molar-refractivity contribution in [3.63, 3.8) is 0 Å². The number of aliphatic hydroxyl groups excluding tert-OH is 1. The molecular formula is C12H15ClN2O4. The number of anilines is 1. The molecular weight excluding hydrogens is 272 g/mol. The van der Waals surface area contributed by atoms with Gasteiger partial charge >= 0.3 is 0 Å². The number of hydrogen-bond acceptors (Lipinski definition) is 5. The molecule has 6 nitrogen and oxygen atoms in total. The van der Waals surface area contributed by atoms with Crippen molar-refractivity contribution in [3.05, 3.63) is 33.3 Å². The average molecular weight is 287 g/mol. The first-order chi connectivity index (χ1) is 9.01. The van der Waals surface area contributed by atoms with Crippen LogP contribution in [0.15, 0.2) is 18.2 Å². The molecule has 0 aromatic heterocycles. The Labute approximate surface area is 115 Å². The monoisotopic (exact) mass is 286 g/mol. The highest BCUT2D eigenvalue weighted by Gasteiger charge is 2.29. The summed E-state index contributed by atoms with van der Waals surface area (Å²) in [6, 6.07) is 4.47. The van der Waals surface area contributed by atoms with Gasteiger partial charge in [-0.1, -0.05) is 11.6 Å². The molecule has 7 heteroatoms. The molecule has 1 aromatic carbocycles. The van der Waals surface area contributed by atoms with Gasteiger partial charge in [0.05, 0.1) is 23.7 Å². The lowest BCUT2D eigenvalue weighted by Gasteiger charge is -2.37. The van der Waals surface area contributed by atoms with Gasteiger partial charge in [0.2, 0.25) is 0 Å². The minimum atomic E-state index is -0.431. The maximum Gasteiger partial charge on any atom is 0.292 e. The Morgan fingerprint density at radius 2 is 2.32 bits per heavy atom. The van der Waals surface area contributed by atoms with E-state index in [9.17, 15) is 15.2 Å². The van der Waals surface area contributed by atoms with E-state index in [0.717, 1.165) is 0 Å². The molecule has 1 heterocycles. The van der Waals surface area contributed by atoms with Crippen molar-refractivity contribution in [3.8, 4) is 0 Å². The van der Waals surface area contributed by atoms with E-state index in [1.54, 1.807) is 6.07 Å². The zero-order valence-corrected chi connectivity index (χ0v) is 11.2. The predicted octanol–water partition coefficient (Wildman–Crippen LogP) is 1.83. The normalized spacial score (nSPS) is 23.4. The van der Waals surface area contributed by atoms with Crippen molar-refractivity contribution in [2.75, 3.05) is 24.6 Å². The number of morpholine rings is 1. The first-order valence-corrected chi connectivity index (χ1v) is 6.34. The molecule has 1 aromatic rings. The molecule has 1 aliphatic heterocycles. The van der Waals surface area contributed by atoms with Crippen molar-refractivity contribution in [2.24, 2.45) is 0 Å². The van der Waals surface area contributed by atoms with Crippen molar-refractivity contribution >= 4 is 23.0 Å². The number of nitro groups is 1. The maximum absolute atomic E-state index is 11.1. The van der Waals surface area contributed by atoms with Crippen LogP contribution in [-0.4, -0.2) is 41.9 Å². The van der Waals surface area contributed by atoms with Gasteiger partial charge in [-0.15, -0.1) is 0 Å². The Morgan fingerprint density at radius 3 is 2.95 bits per heavy atom. The molecule has 0 spiro atoms. The van der Waals surface area contributed by atoms with Crippen molar-refractivity contribution in [1.29, 1.82) is 0 Å². The van der Waals surface area contributed by atoms with E-state index < -0.39 is 4.92 Å². The van der Waals surface area contributed by atoms with Crippen molar-refractivity contribution < 1.29 is 14.8 Å². The fraction of sp³-hybridized carbons (Fsp3) is 0.500. The van der Waals surface area contributed by atoms with Gasteiger partial charge in [0, 0.05) is 24.2 Å². The predicted molar refractivity (Wildman–Crippen MR) is 71.7 cm³/mol. The zero-order chi connectivity index (χ0) is 14.0. The molecule has 2 unspecified atom stereocenters. The van der Waals surface area contributed by atoms with Gasteiger partial charge in [0.25, 0.3) is 5.69 Å². The molecule has 0 aliphatic carbocycles. The van der Waals surface area contributed by atoms with Crippen molar-refractivity contribution in [2.45, 2.75) is 19.1 Å². The molecule has 19 heavy (non-hydrogen) atoms. The Bertz CT molecular complexity index is 483. The summed E-state index contributed by atoms with van der Waals surface area (Å²) in [7, 11) is 0. The number of aliphatic hydroxyl groups is 1. The Hall–Kier alpha value is -1.37. The molecule has 104 valence electrons. The van der Waals surface area contributed by atoms with Gasteiger partial charge in [-0.05, 0) is 19.1 Å². The summed E-state index contributed by atoms with van der Waals surface area (Å²) in [5, 5.41) is 20.7. The quantitative estimate of drug-likeness (QED) is 0.678. The molecule has 2 rings (SSSR count). The van der Waals surface area contributed by atoms with Gasteiger partial charge in [0.1, 0.15) is 5.69 Å². The number of ether oxygens (including phenoxy) is 1. The van der Waals surface area contributed by atoms with E-state index in [1.165, 1.54) is 12.1 Å². The summed E-state index contributed by atoms with van der Waals surface area (Å²) in [6.45, 7) is 2.68. The van der Waals surface area contributed by atoms with E-state index in [1.807, 2.05) is 11.8 Å². The second-order valence-corrected chi connectivity index (χ2v) is 4.98. The van der Waals surface area contributed by atoms with Crippen LogP contribution in [0.2, 0.25) is 5.02 Å². The lowest BCUT2D eigenvalue weighted by Crippen LogP contribution is -2.48. The van der Waals surface area contributed by atoms with Crippen LogP contribution in [0, 0.1) is 10.1 Å². The third kappa shape index (κ3) is 3.15. The topological polar surface area (TPSA) is 75.8 Å². The fourth-order valence-electron chi connectivity index (χ4n) is 2.25. The van der Waals surface area contributed by atoms with Crippen LogP contribution in [0.3, 0.4) is 0 Å². The van der Waals surface area contributed by atoms with Crippen LogP contribution in [-0.2, 0) is 4.74 Å². The van der Waals surface area contributed by atoms with E-state index >= 15 is 0 Å². The maximum atomic E-state index is 11.1. The van der Waals surface area contributed by atoms with Crippen LogP contribution in [0.5, 0.6) is 0 Å². The molecule has 0 bridgehead atoms. The van der Waals surface area contributed by atoms with Crippen LogP contribution >= 0.6 is 11.6 Å². The lowest BCUT2D eigenvalue weighted by atomic mass is 10.1. The average Bonchev–Trinajstić information content (AvgIpc) is 2.37. The molecule has 0 amide bonds. The summed E-state index contributed by atoms with van der Waals surface area (Å²) in [5.74, 6) is 0. The molecule has 1 N–H and O–H groups in total. The molecule has 1 saturated heterocycles. The number of hydrogen-bond donors (Lipinski definition) is 1. The van der Waals surface area contributed by atoms with E-state index in [2.05, 4.69) is 0 Å². The van der Waals surface area contributed by atoms with Gasteiger partial charge in [-0.3, -0.25) is 10.1 Å². The smallest absolute Gasteiger partial charge is 0.292 e. The van der Waals surface area contributed by atoms with E-state index in [0.29, 0.717) is 23.8 Å². The second-order valence-electron chi connectivity index (χ2n) is 4.55. The summed E-state index contributed by atoms with van der Waals surface area (Å²) in [5.41, 5.74) is 0.473. The highest BCUT2D eigenvalue weighted by Crippen LogP contribution is 2.32. The molecule has 0 saturated carbocycles. The standard InChI is InChI=1S/C12H15ClN2O4/c1-8-5-14(6-10(7-16)19-8)12-4-9(13)2-3-11(12)15(17)18/h2-4,8,10,16H,5-7H2,1H3. The van der Waals surface area contributed by atoms with Crippen LogP contribution in [0.4, 0.5) is 11.4 Å². The first kappa shape index (κ1) is 14.0. The van der Waals surface area contributed by atoms with Gasteiger partial charge in [-0.25, -0.2) is 0 Å². The largest absolute Gasteiger partial charge is 0.394 e. The number of halogens is 1. The molecule has 1 fully saturated rings. The second kappa shape index (κ2) is 5.73. The van der Waals surface area contributed by atoms with Crippen LogP contribution in [0.1, 0.15) is 6.92 Å². The Kier molecular flexibility index (Phi) is 4.24. The molecule has 0 radical (unpaired) electrons. The van der Waals surface area contributed by atoms with Gasteiger partial charge in [-0.2, -0.15) is 0 Å². The number of rotatable bonds is 3. The van der Waals surface area contributed by atoms with E-state index in [-0.39, 0.29) is 24.5 Å². The fourth-order valence-corrected chi connectivity index (χ4v) is 2.41. The highest BCUT2D eigenvalue weighted by atomic mass is 35.5. The Morgan fingerprint density at radius 1 is 1.58 bits per heavy atom. The summed E-state index contributed by atoms with van der Waals surface area (Å²) in [4.78, 5) is 12.5.